The predicted molar refractivity (Wildman–Crippen MR) is 120 cm³/mol. The molecule has 3 N–H and O–H groups in total. The van der Waals surface area contributed by atoms with Crippen molar-refractivity contribution >= 4 is 52.9 Å². The van der Waals surface area contributed by atoms with E-state index in [2.05, 4.69) is 15.2 Å². The molecule has 1 saturated heterocycles. The molecule has 0 unspecified atom stereocenters. The summed E-state index contributed by atoms with van der Waals surface area (Å²) in [4.78, 5) is 6.49. The number of hydrogen-bond acceptors (Lipinski definition) is 3. The minimum atomic E-state index is -0.265. The normalized spacial score (nSPS) is 14.0. The number of methoxy groups -OCH3 is 1. The lowest BCUT2D eigenvalue weighted by molar-refractivity contribution is 0.415. The Hall–Kier alpha value is -1.74. The molecule has 0 aliphatic carbocycles. The fourth-order valence-corrected chi connectivity index (χ4v) is 3.31. The zero-order valence-corrected chi connectivity index (χ0v) is 18.1. The van der Waals surface area contributed by atoms with E-state index in [4.69, 9.17) is 22.1 Å². The summed E-state index contributed by atoms with van der Waals surface area (Å²) < 4.78 is 19.4. The van der Waals surface area contributed by atoms with Gasteiger partial charge in [0.05, 0.1) is 18.7 Å². The number of guanidine groups is 1. The van der Waals surface area contributed by atoms with Gasteiger partial charge in [-0.15, -0.1) is 24.0 Å². The van der Waals surface area contributed by atoms with Gasteiger partial charge < -0.3 is 20.7 Å². The van der Waals surface area contributed by atoms with Gasteiger partial charge in [-0.05, 0) is 43.2 Å². The summed E-state index contributed by atoms with van der Waals surface area (Å²) in [6.07, 6.45) is 2.25. The van der Waals surface area contributed by atoms with Crippen LogP contribution in [-0.4, -0.2) is 26.2 Å². The van der Waals surface area contributed by atoms with Crippen LogP contribution in [0.4, 0.5) is 15.8 Å². The highest BCUT2D eigenvalue weighted by atomic mass is 127. The SMILES string of the molecule is COc1ccc(NC(N)=NCc2c(F)cccc2N2CCCC2)cc1Cl.I. The third kappa shape index (κ3) is 5.38. The van der Waals surface area contributed by atoms with Crippen LogP contribution in [0.15, 0.2) is 41.4 Å². The number of benzene rings is 2. The Balaban J connectivity index is 0.00000261. The van der Waals surface area contributed by atoms with Crippen molar-refractivity contribution < 1.29 is 9.13 Å². The van der Waals surface area contributed by atoms with Crippen molar-refractivity contribution in [1.29, 1.82) is 0 Å². The average molecular weight is 505 g/mol. The van der Waals surface area contributed by atoms with E-state index >= 15 is 0 Å². The summed E-state index contributed by atoms with van der Waals surface area (Å²) in [5.41, 5.74) is 8.10. The fourth-order valence-electron chi connectivity index (χ4n) is 3.05. The summed E-state index contributed by atoms with van der Waals surface area (Å²) in [5.74, 6) is 0.509. The Morgan fingerprint density at radius 2 is 2.04 bits per heavy atom. The standard InChI is InChI=1S/C19H22ClFN4O.HI/c1-26-18-8-7-13(11-15(18)20)24-19(22)23-12-14-16(21)5-4-6-17(14)25-9-2-3-10-25;/h4-8,11H,2-3,9-10,12H2,1H3,(H3,22,23,24);1H. The molecule has 1 heterocycles. The van der Waals surface area contributed by atoms with Gasteiger partial charge in [-0.25, -0.2) is 9.38 Å². The first-order valence-electron chi connectivity index (χ1n) is 8.51. The number of halogens is 3. The smallest absolute Gasteiger partial charge is 0.193 e. The number of hydrogen-bond donors (Lipinski definition) is 2. The zero-order valence-electron chi connectivity index (χ0n) is 15.0. The topological polar surface area (TPSA) is 62.9 Å². The van der Waals surface area contributed by atoms with Crippen LogP contribution in [0.3, 0.4) is 0 Å². The molecule has 0 radical (unpaired) electrons. The van der Waals surface area contributed by atoms with Crippen LogP contribution < -0.4 is 20.7 Å². The van der Waals surface area contributed by atoms with Crippen molar-refractivity contribution in [1.82, 2.24) is 0 Å². The molecule has 146 valence electrons. The molecule has 0 bridgehead atoms. The van der Waals surface area contributed by atoms with E-state index in [9.17, 15) is 4.39 Å². The fraction of sp³-hybridized carbons (Fsp3) is 0.316. The molecule has 0 spiro atoms. The van der Waals surface area contributed by atoms with Crippen LogP contribution in [0.1, 0.15) is 18.4 Å². The molecule has 0 atom stereocenters. The maximum atomic E-state index is 14.3. The third-order valence-electron chi connectivity index (χ3n) is 4.37. The van der Waals surface area contributed by atoms with Crippen LogP contribution in [0.2, 0.25) is 5.02 Å². The summed E-state index contributed by atoms with van der Waals surface area (Å²) >= 11 is 6.10. The van der Waals surface area contributed by atoms with E-state index in [-0.39, 0.29) is 42.3 Å². The van der Waals surface area contributed by atoms with E-state index in [1.165, 1.54) is 6.07 Å². The molecular weight excluding hydrogens is 482 g/mol. The number of anilines is 2. The number of nitrogens with zero attached hydrogens (tertiary/aromatic N) is 2. The molecule has 1 aliphatic heterocycles. The van der Waals surface area contributed by atoms with E-state index in [1.807, 2.05) is 6.07 Å². The lowest BCUT2D eigenvalue weighted by Gasteiger charge is -2.21. The Morgan fingerprint density at radius 1 is 1.30 bits per heavy atom. The van der Waals surface area contributed by atoms with E-state index in [0.29, 0.717) is 22.0 Å². The number of ether oxygens (including phenoxy) is 1. The molecule has 1 aliphatic rings. The molecule has 2 aromatic rings. The largest absolute Gasteiger partial charge is 0.495 e. The number of nitrogens with one attached hydrogen (secondary N) is 1. The maximum absolute atomic E-state index is 14.3. The maximum Gasteiger partial charge on any atom is 0.193 e. The first-order chi connectivity index (χ1) is 12.6. The molecule has 0 aromatic heterocycles. The molecule has 3 rings (SSSR count). The first-order valence-corrected chi connectivity index (χ1v) is 8.89. The van der Waals surface area contributed by atoms with Crippen LogP contribution in [0, 0.1) is 5.82 Å². The predicted octanol–water partition coefficient (Wildman–Crippen LogP) is 4.63. The van der Waals surface area contributed by atoms with Gasteiger partial charge in [-0.2, -0.15) is 0 Å². The molecule has 5 nitrogen and oxygen atoms in total. The van der Waals surface area contributed by atoms with Crippen molar-refractivity contribution in [3.05, 3.63) is 52.8 Å². The molecule has 2 aromatic carbocycles. The Kier molecular flexibility index (Phi) is 7.97. The van der Waals surface area contributed by atoms with Crippen LogP contribution in [-0.2, 0) is 6.54 Å². The van der Waals surface area contributed by atoms with Gasteiger partial charge in [0.1, 0.15) is 11.6 Å². The number of rotatable bonds is 5. The summed E-state index contributed by atoms with van der Waals surface area (Å²) in [5, 5.41) is 3.43. The Labute approximate surface area is 180 Å². The van der Waals surface area contributed by atoms with E-state index in [0.717, 1.165) is 31.6 Å². The summed E-state index contributed by atoms with van der Waals surface area (Å²) in [6, 6.07) is 10.3. The monoisotopic (exact) mass is 504 g/mol. The van der Waals surface area contributed by atoms with Crippen molar-refractivity contribution in [2.45, 2.75) is 19.4 Å². The van der Waals surface area contributed by atoms with Gasteiger partial charge >= 0.3 is 0 Å². The highest BCUT2D eigenvalue weighted by molar-refractivity contribution is 14.0. The van der Waals surface area contributed by atoms with Crippen molar-refractivity contribution in [2.24, 2.45) is 10.7 Å². The second kappa shape index (κ2) is 9.98. The second-order valence-corrected chi connectivity index (χ2v) is 6.51. The molecule has 1 fully saturated rings. The summed E-state index contributed by atoms with van der Waals surface area (Å²) in [7, 11) is 1.55. The highest BCUT2D eigenvalue weighted by Gasteiger charge is 2.17. The third-order valence-corrected chi connectivity index (χ3v) is 4.67. The van der Waals surface area contributed by atoms with E-state index < -0.39 is 0 Å². The van der Waals surface area contributed by atoms with Gasteiger partial charge in [0.25, 0.3) is 0 Å². The Morgan fingerprint density at radius 3 is 2.70 bits per heavy atom. The number of nitrogens with two attached hydrogens (primary N) is 1. The lowest BCUT2D eigenvalue weighted by Crippen LogP contribution is -2.23. The van der Waals surface area contributed by atoms with Crippen molar-refractivity contribution in [3.63, 3.8) is 0 Å². The Bertz CT molecular complexity index is 812. The minimum Gasteiger partial charge on any atom is -0.495 e. The van der Waals surface area contributed by atoms with E-state index in [1.54, 1.807) is 31.4 Å². The molecule has 8 heteroatoms. The van der Waals surface area contributed by atoms with Gasteiger partial charge in [-0.1, -0.05) is 17.7 Å². The highest BCUT2D eigenvalue weighted by Crippen LogP contribution is 2.28. The van der Waals surface area contributed by atoms with Gasteiger partial charge in [0.2, 0.25) is 0 Å². The van der Waals surface area contributed by atoms with Crippen LogP contribution in [0.25, 0.3) is 0 Å². The average Bonchev–Trinajstić information content (AvgIpc) is 3.15. The number of aliphatic imine (C=N–C) groups is 1. The molecule has 0 amide bonds. The molecule has 0 saturated carbocycles. The van der Waals surface area contributed by atoms with Crippen molar-refractivity contribution in [2.75, 3.05) is 30.4 Å². The molecule has 27 heavy (non-hydrogen) atoms. The van der Waals surface area contributed by atoms with Gasteiger partial charge in [0.15, 0.2) is 5.96 Å². The lowest BCUT2D eigenvalue weighted by atomic mass is 10.1. The van der Waals surface area contributed by atoms with Crippen LogP contribution in [0.5, 0.6) is 5.75 Å². The van der Waals surface area contributed by atoms with Gasteiger partial charge in [0, 0.05) is 30.0 Å². The van der Waals surface area contributed by atoms with Crippen molar-refractivity contribution in [3.8, 4) is 5.75 Å². The quantitative estimate of drug-likeness (QED) is 0.354. The van der Waals surface area contributed by atoms with Crippen LogP contribution >= 0.6 is 35.6 Å². The summed E-state index contributed by atoms with van der Waals surface area (Å²) in [6.45, 7) is 2.05. The van der Waals surface area contributed by atoms with Gasteiger partial charge in [-0.3, -0.25) is 0 Å². The first kappa shape index (κ1) is 21.6. The zero-order chi connectivity index (χ0) is 18.5. The minimum absolute atomic E-state index is 0. The molecular formula is C19H23ClFIN4O. The second-order valence-electron chi connectivity index (χ2n) is 6.11.